The second-order valence-electron chi connectivity index (χ2n) is 7.21. The Morgan fingerprint density at radius 1 is 1.06 bits per heavy atom. The Labute approximate surface area is 213 Å². The van der Waals surface area contributed by atoms with Crippen LogP contribution in [0.1, 0.15) is 11.1 Å². The van der Waals surface area contributed by atoms with Gasteiger partial charge in [-0.25, -0.2) is 4.98 Å². The molecule has 0 saturated carbocycles. The number of fused-ring (bicyclic) bond motifs is 1. The van der Waals surface area contributed by atoms with Crippen LogP contribution in [0.25, 0.3) is 11.3 Å². The number of nitrogens with one attached hydrogen (secondary N) is 1. The fraction of sp³-hybridized carbons (Fsp3) is 0.125. The molecular formula is C24H17N5O3S3. The smallest absolute Gasteiger partial charge is 0.236 e. The minimum atomic E-state index is -0.245. The molecule has 0 atom stereocenters. The van der Waals surface area contributed by atoms with Gasteiger partial charge in [0.2, 0.25) is 17.8 Å². The lowest BCUT2D eigenvalue weighted by molar-refractivity contribution is -0.113. The molecule has 0 bridgehead atoms. The molecule has 2 aromatic carbocycles. The van der Waals surface area contributed by atoms with Gasteiger partial charge in [-0.3, -0.25) is 10.1 Å². The van der Waals surface area contributed by atoms with E-state index in [2.05, 4.69) is 38.7 Å². The molecule has 35 heavy (non-hydrogen) atoms. The van der Waals surface area contributed by atoms with Crippen molar-refractivity contribution in [1.82, 2.24) is 15.2 Å². The lowest BCUT2D eigenvalue weighted by atomic mass is 10.1. The van der Waals surface area contributed by atoms with E-state index in [1.165, 1.54) is 28.7 Å². The van der Waals surface area contributed by atoms with Gasteiger partial charge in [0.25, 0.3) is 0 Å². The zero-order valence-corrected chi connectivity index (χ0v) is 20.6. The fourth-order valence-corrected chi connectivity index (χ4v) is 5.68. The van der Waals surface area contributed by atoms with Crippen LogP contribution in [0.3, 0.4) is 0 Å². The summed E-state index contributed by atoms with van der Waals surface area (Å²) in [5.74, 6) is 1.96. The molecule has 174 valence electrons. The molecule has 4 aromatic rings. The second-order valence-corrected chi connectivity index (χ2v) is 10.4. The molecular weight excluding hydrogens is 502 g/mol. The molecule has 8 nitrogen and oxygen atoms in total. The predicted molar refractivity (Wildman–Crippen MR) is 136 cm³/mol. The number of nitrogens with zero attached hydrogens (tertiary/aromatic N) is 4. The van der Waals surface area contributed by atoms with E-state index in [1.54, 1.807) is 23.9 Å². The van der Waals surface area contributed by atoms with Gasteiger partial charge >= 0.3 is 0 Å². The lowest BCUT2D eigenvalue weighted by Gasteiger charge is -2.07. The van der Waals surface area contributed by atoms with Gasteiger partial charge in [0.1, 0.15) is 11.1 Å². The molecule has 0 saturated heterocycles. The van der Waals surface area contributed by atoms with Crippen molar-refractivity contribution in [3.63, 3.8) is 0 Å². The topological polar surface area (TPSA) is 110 Å². The van der Waals surface area contributed by atoms with Crippen LogP contribution in [0.2, 0.25) is 0 Å². The maximum Gasteiger partial charge on any atom is 0.236 e. The number of pyridine rings is 1. The number of nitriles is 1. The van der Waals surface area contributed by atoms with Gasteiger partial charge in [-0.15, -0.1) is 10.2 Å². The Morgan fingerprint density at radius 2 is 1.91 bits per heavy atom. The molecule has 11 heteroatoms. The van der Waals surface area contributed by atoms with Crippen molar-refractivity contribution in [3.8, 4) is 28.8 Å². The Balaban J connectivity index is 1.20. The molecule has 0 radical (unpaired) electrons. The summed E-state index contributed by atoms with van der Waals surface area (Å²) in [6.07, 6.45) is 0. The number of amides is 1. The minimum Gasteiger partial charge on any atom is -0.454 e. The average molecular weight is 520 g/mol. The van der Waals surface area contributed by atoms with Crippen LogP contribution >= 0.6 is 34.9 Å². The Bertz CT molecular complexity index is 1410. The average Bonchev–Trinajstić information content (AvgIpc) is 3.55. The van der Waals surface area contributed by atoms with Gasteiger partial charge in [-0.05, 0) is 35.9 Å². The molecule has 0 spiro atoms. The summed E-state index contributed by atoms with van der Waals surface area (Å²) in [5.41, 5.74) is 3.11. The Morgan fingerprint density at radius 3 is 2.77 bits per heavy atom. The van der Waals surface area contributed by atoms with Crippen molar-refractivity contribution >= 4 is 45.9 Å². The van der Waals surface area contributed by atoms with Crippen molar-refractivity contribution in [2.75, 3.05) is 17.9 Å². The highest BCUT2D eigenvalue weighted by Gasteiger charge is 2.16. The first kappa shape index (κ1) is 23.2. The number of ether oxygens (including phenoxy) is 2. The maximum atomic E-state index is 12.5. The third kappa shape index (κ3) is 5.74. The summed E-state index contributed by atoms with van der Waals surface area (Å²) in [6, 6.07) is 21.3. The monoisotopic (exact) mass is 519 g/mol. The number of benzene rings is 2. The number of carbonyl (C=O) groups is 1. The minimum absolute atomic E-state index is 0.0817. The number of hydrogen-bond acceptors (Lipinski definition) is 10. The molecule has 3 heterocycles. The van der Waals surface area contributed by atoms with Crippen LogP contribution in [0.15, 0.2) is 70.0 Å². The van der Waals surface area contributed by atoms with E-state index in [0.717, 1.165) is 15.7 Å². The largest absolute Gasteiger partial charge is 0.454 e. The van der Waals surface area contributed by atoms with E-state index in [1.807, 2.05) is 36.4 Å². The summed E-state index contributed by atoms with van der Waals surface area (Å²) < 4.78 is 11.6. The fourth-order valence-electron chi connectivity index (χ4n) is 3.18. The number of carbonyl (C=O) groups excluding carboxylic acids is 1. The Kier molecular flexibility index (Phi) is 7.13. The van der Waals surface area contributed by atoms with Crippen molar-refractivity contribution in [2.24, 2.45) is 0 Å². The summed E-state index contributed by atoms with van der Waals surface area (Å²) in [7, 11) is 0. The van der Waals surface area contributed by atoms with E-state index in [4.69, 9.17) is 9.47 Å². The van der Waals surface area contributed by atoms with Gasteiger partial charge in [-0.2, -0.15) is 5.26 Å². The number of thioether (sulfide) groups is 2. The molecule has 1 aliphatic rings. The summed E-state index contributed by atoms with van der Waals surface area (Å²) in [6.45, 7) is 0.192. The first-order chi connectivity index (χ1) is 17.2. The van der Waals surface area contributed by atoms with Gasteiger partial charge in [-0.1, -0.05) is 65.2 Å². The van der Waals surface area contributed by atoms with Crippen LogP contribution in [0.5, 0.6) is 11.5 Å². The first-order valence-electron chi connectivity index (χ1n) is 10.4. The van der Waals surface area contributed by atoms with Crippen LogP contribution in [-0.4, -0.2) is 33.6 Å². The van der Waals surface area contributed by atoms with E-state index in [9.17, 15) is 10.1 Å². The van der Waals surface area contributed by atoms with Crippen molar-refractivity contribution < 1.29 is 14.3 Å². The number of hydrogen-bond donors (Lipinski definition) is 1. The predicted octanol–water partition coefficient (Wildman–Crippen LogP) is 5.22. The molecule has 2 aromatic heterocycles. The summed E-state index contributed by atoms with van der Waals surface area (Å²) in [5, 5.41) is 21.4. The number of aromatic nitrogens is 3. The molecule has 1 aliphatic heterocycles. The van der Waals surface area contributed by atoms with Crippen LogP contribution in [0, 0.1) is 11.3 Å². The normalized spacial score (nSPS) is 11.7. The van der Waals surface area contributed by atoms with Gasteiger partial charge < -0.3 is 9.47 Å². The quantitative estimate of drug-likeness (QED) is 0.247. The van der Waals surface area contributed by atoms with Crippen molar-refractivity contribution in [3.05, 3.63) is 71.8 Å². The van der Waals surface area contributed by atoms with Crippen molar-refractivity contribution in [1.29, 1.82) is 5.26 Å². The van der Waals surface area contributed by atoms with E-state index >= 15 is 0 Å². The molecule has 5 rings (SSSR count). The second kappa shape index (κ2) is 10.8. The highest BCUT2D eigenvalue weighted by atomic mass is 32.2. The SMILES string of the molecule is N#Cc1ccc(-c2ccc3c(c2)OCO3)nc1SCC(=O)Nc1nnc(SCc2ccccc2)s1. The van der Waals surface area contributed by atoms with Gasteiger partial charge in [0.15, 0.2) is 15.8 Å². The Hall–Kier alpha value is -3.59. The molecule has 1 N–H and O–H groups in total. The van der Waals surface area contributed by atoms with Crippen LogP contribution in [-0.2, 0) is 10.5 Å². The molecule has 1 amide bonds. The number of rotatable bonds is 8. The first-order valence-corrected chi connectivity index (χ1v) is 13.2. The lowest BCUT2D eigenvalue weighted by Crippen LogP contribution is -2.14. The highest BCUT2D eigenvalue weighted by molar-refractivity contribution is 8.00. The van der Waals surface area contributed by atoms with Gasteiger partial charge in [0.05, 0.1) is 17.0 Å². The zero-order valence-electron chi connectivity index (χ0n) is 18.1. The highest BCUT2D eigenvalue weighted by Crippen LogP contribution is 2.36. The molecule has 0 unspecified atom stereocenters. The maximum absolute atomic E-state index is 12.5. The third-order valence-corrected chi connectivity index (χ3v) is 7.88. The van der Waals surface area contributed by atoms with Crippen LogP contribution in [0.4, 0.5) is 5.13 Å². The van der Waals surface area contributed by atoms with E-state index < -0.39 is 0 Å². The third-order valence-electron chi connectivity index (χ3n) is 4.85. The number of anilines is 1. The summed E-state index contributed by atoms with van der Waals surface area (Å²) in [4.78, 5) is 17.1. The zero-order chi connectivity index (χ0) is 24.0. The van der Waals surface area contributed by atoms with Gasteiger partial charge in [0, 0.05) is 11.3 Å². The molecule has 0 aliphatic carbocycles. The van der Waals surface area contributed by atoms with E-state index in [0.29, 0.717) is 32.9 Å². The van der Waals surface area contributed by atoms with Crippen LogP contribution < -0.4 is 14.8 Å². The summed E-state index contributed by atoms with van der Waals surface area (Å²) >= 11 is 4.09. The van der Waals surface area contributed by atoms with Crippen molar-refractivity contribution in [2.45, 2.75) is 15.1 Å². The van der Waals surface area contributed by atoms with E-state index in [-0.39, 0.29) is 18.5 Å². The molecule has 0 fully saturated rings. The standard InChI is InChI=1S/C24H17N5O3S3/c25-11-17-6-8-18(16-7-9-19-20(10-16)32-14-31-19)26-22(17)33-13-21(30)27-23-28-29-24(35-23)34-12-15-4-2-1-3-5-15/h1-10H,12-14H2,(H,27,28,30).